The highest BCUT2D eigenvalue weighted by atomic mass is 35.5. The van der Waals surface area contributed by atoms with Crippen molar-refractivity contribution < 1.29 is 4.74 Å². The van der Waals surface area contributed by atoms with Crippen LogP contribution in [0.15, 0.2) is 42.6 Å². The number of benzene rings is 1. The first kappa shape index (κ1) is 14.2. The van der Waals surface area contributed by atoms with E-state index in [1.54, 1.807) is 13.3 Å². The van der Waals surface area contributed by atoms with Crippen LogP contribution in [0.3, 0.4) is 0 Å². The van der Waals surface area contributed by atoms with Crippen LogP contribution in [0.4, 0.5) is 5.69 Å². The summed E-state index contributed by atoms with van der Waals surface area (Å²) in [6, 6.07) is 12.6. The maximum absolute atomic E-state index is 6.22. The smallest absolute Gasteiger partial charge is 0.215 e. The van der Waals surface area contributed by atoms with Crippen molar-refractivity contribution in [3.63, 3.8) is 0 Å². The molecule has 1 fully saturated rings. The fourth-order valence-electron chi connectivity index (χ4n) is 2.73. The number of aromatic nitrogens is 1. The molecule has 0 N–H and O–H groups in total. The van der Waals surface area contributed by atoms with Crippen LogP contribution in [0.2, 0.25) is 5.02 Å². The predicted octanol–water partition coefficient (Wildman–Crippen LogP) is 3.81. The molecule has 4 heteroatoms. The summed E-state index contributed by atoms with van der Waals surface area (Å²) in [7, 11) is 1.62. The van der Waals surface area contributed by atoms with E-state index in [9.17, 15) is 0 Å². The van der Waals surface area contributed by atoms with Gasteiger partial charge in [-0.15, -0.1) is 0 Å². The maximum Gasteiger partial charge on any atom is 0.215 e. The van der Waals surface area contributed by atoms with Crippen molar-refractivity contribution in [2.45, 2.75) is 12.8 Å². The molecule has 1 aromatic heterocycles. The van der Waals surface area contributed by atoms with Gasteiger partial charge in [0.15, 0.2) is 0 Å². The van der Waals surface area contributed by atoms with Gasteiger partial charge in [0.2, 0.25) is 5.88 Å². The topological polar surface area (TPSA) is 25.4 Å². The lowest BCUT2D eigenvalue weighted by molar-refractivity contribution is 0.380. The van der Waals surface area contributed by atoms with E-state index in [0.717, 1.165) is 31.1 Å². The lowest BCUT2D eigenvalue weighted by Gasteiger charge is -2.41. The van der Waals surface area contributed by atoms with E-state index < -0.39 is 0 Å². The van der Waals surface area contributed by atoms with Gasteiger partial charge in [-0.3, -0.25) is 0 Å². The minimum absolute atomic E-state index is 0.613. The van der Waals surface area contributed by atoms with Crippen LogP contribution >= 0.6 is 11.6 Å². The Kier molecular flexibility index (Phi) is 4.30. The van der Waals surface area contributed by atoms with Gasteiger partial charge >= 0.3 is 0 Å². The third-order valence-corrected chi connectivity index (χ3v) is 4.29. The van der Waals surface area contributed by atoms with E-state index in [0.29, 0.717) is 10.9 Å². The molecule has 0 unspecified atom stereocenters. The fraction of sp³-hybridized carbons (Fsp3) is 0.353. The van der Waals surface area contributed by atoms with Crippen LogP contribution in [0, 0.1) is 5.92 Å². The number of hydrogen-bond acceptors (Lipinski definition) is 3. The Morgan fingerprint density at radius 2 is 2.05 bits per heavy atom. The highest BCUT2D eigenvalue weighted by Gasteiger charge is 2.28. The molecule has 3 nitrogen and oxygen atoms in total. The van der Waals surface area contributed by atoms with Crippen molar-refractivity contribution in [3.05, 3.63) is 53.2 Å². The van der Waals surface area contributed by atoms with Crippen LogP contribution in [0.5, 0.6) is 5.88 Å². The Labute approximate surface area is 130 Å². The van der Waals surface area contributed by atoms with Crippen LogP contribution in [0.25, 0.3) is 0 Å². The number of nitrogens with zero attached hydrogens (tertiary/aromatic N) is 2. The standard InChI is InChI=1S/C17H19ClN2O/c1-21-17-9-16(15(18)10-19-17)20-11-14(12-20)8-7-13-5-3-2-4-6-13/h2-6,9-10,14H,7-8,11-12H2,1H3. The molecule has 0 atom stereocenters. The Bertz CT molecular complexity index is 597. The minimum Gasteiger partial charge on any atom is -0.481 e. The highest BCUT2D eigenvalue weighted by Crippen LogP contribution is 2.34. The minimum atomic E-state index is 0.613. The average Bonchev–Trinajstić information content (AvgIpc) is 2.48. The molecule has 0 saturated carbocycles. The zero-order chi connectivity index (χ0) is 14.7. The zero-order valence-corrected chi connectivity index (χ0v) is 12.9. The zero-order valence-electron chi connectivity index (χ0n) is 12.1. The average molecular weight is 303 g/mol. The third-order valence-electron chi connectivity index (χ3n) is 4.00. The second kappa shape index (κ2) is 6.35. The van der Waals surface area contributed by atoms with Gasteiger partial charge in [-0.25, -0.2) is 4.98 Å². The third kappa shape index (κ3) is 3.30. The molecule has 0 bridgehead atoms. The van der Waals surface area contributed by atoms with Gasteiger partial charge in [0.05, 0.1) is 24.0 Å². The van der Waals surface area contributed by atoms with E-state index in [1.165, 1.54) is 12.0 Å². The summed E-state index contributed by atoms with van der Waals surface area (Å²) in [4.78, 5) is 6.41. The molecule has 0 spiro atoms. The fourth-order valence-corrected chi connectivity index (χ4v) is 2.95. The lowest BCUT2D eigenvalue weighted by Crippen LogP contribution is -2.47. The summed E-state index contributed by atoms with van der Waals surface area (Å²) >= 11 is 6.22. The number of hydrogen-bond donors (Lipinski definition) is 0. The van der Waals surface area contributed by atoms with Crippen LogP contribution in [0.1, 0.15) is 12.0 Å². The van der Waals surface area contributed by atoms with Gasteiger partial charge in [0, 0.05) is 19.2 Å². The quantitative estimate of drug-likeness (QED) is 0.840. The SMILES string of the molecule is COc1cc(N2CC(CCc3ccccc3)C2)c(Cl)cn1. The first-order chi connectivity index (χ1) is 10.3. The van der Waals surface area contributed by atoms with Crippen LogP contribution in [-0.2, 0) is 6.42 Å². The Morgan fingerprint density at radius 1 is 1.29 bits per heavy atom. The van der Waals surface area contributed by atoms with E-state index >= 15 is 0 Å². The van der Waals surface area contributed by atoms with Crippen molar-refractivity contribution >= 4 is 17.3 Å². The van der Waals surface area contributed by atoms with Gasteiger partial charge in [0.25, 0.3) is 0 Å². The summed E-state index contributed by atoms with van der Waals surface area (Å²) in [5.41, 5.74) is 2.44. The van der Waals surface area contributed by atoms with Crippen molar-refractivity contribution in [2.24, 2.45) is 5.92 Å². The second-order valence-corrected chi connectivity index (χ2v) is 5.88. The molecular weight excluding hydrogens is 284 g/mol. The molecule has 21 heavy (non-hydrogen) atoms. The molecular formula is C17H19ClN2O. The molecule has 1 aliphatic rings. The Balaban J connectivity index is 1.54. The van der Waals surface area contributed by atoms with Crippen molar-refractivity contribution in [1.82, 2.24) is 4.98 Å². The molecule has 0 radical (unpaired) electrons. The number of halogens is 1. The summed E-state index contributed by atoms with van der Waals surface area (Å²) in [5, 5.41) is 0.692. The molecule has 1 aromatic carbocycles. The van der Waals surface area contributed by atoms with E-state index in [-0.39, 0.29) is 0 Å². The number of methoxy groups -OCH3 is 1. The summed E-state index contributed by atoms with van der Waals surface area (Å²) < 4.78 is 5.16. The van der Waals surface area contributed by atoms with Crippen molar-refractivity contribution in [2.75, 3.05) is 25.1 Å². The molecule has 2 heterocycles. The monoisotopic (exact) mass is 302 g/mol. The number of anilines is 1. The van der Waals surface area contributed by atoms with Crippen LogP contribution < -0.4 is 9.64 Å². The van der Waals surface area contributed by atoms with Gasteiger partial charge in [-0.2, -0.15) is 0 Å². The molecule has 3 rings (SSSR count). The molecule has 110 valence electrons. The van der Waals surface area contributed by atoms with Gasteiger partial charge in [-0.05, 0) is 24.3 Å². The molecule has 0 amide bonds. The Hall–Kier alpha value is -1.74. The highest BCUT2D eigenvalue weighted by molar-refractivity contribution is 6.33. The van der Waals surface area contributed by atoms with E-state index in [2.05, 4.69) is 40.2 Å². The first-order valence-corrected chi connectivity index (χ1v) is 7.62. The van der Waals surface area contributed by atoms with Crippen molar-refractivity contribution in [1.29, 1.82) is 0 Å². The molecule has 0 aliphatic carbocycles. The number of ether oxygens (including phenoxy) is 1. The molecule has 1 saturated heterocycles. The number of pyridine rings is 1. The van der Waals surface area contributed by atoms with Gasteiger partial charge in [-0.1, -0.05) is 41.9 Å². The molecule has 2 aromatic rings. The molecule has 1 aliphatic heterocycles. The summed E-state index contributed by atoms with van der Waals surface area (Å²) in [5.74, 6) is 1.35. The number of rotatable bonds is 5. The maximum atomic E-state index is 6.22. The van der Waals surface area contributed by atoms with Crippen molar-refractivity contribution in [3.8, 4) is 5.88 Å². The number of aryl methyl sites for hydroxylation is 1. The first-order valence-electron chi connectivity index (χ1n) is 7.24. The summed E-state index contributed by atoms with van der Waals surface area (Å²) in [6.07, 6.45) is 4.03. The van der Waals surface area contributed by atoms with E-state index in [4.69, 9.17) is 16.3 Å². The van der Waals surface area contributed by atoms with Gasteiger partial charge < -0.3 is 9.64 Å². The Morgan fingerprint density at radius 3 is 2.76 bits per heavy atom. The largest absolute Gasteiger partial charge is 0.481 e. The lowest BCUT2D eigenvalue weighted by atomic mass is 9.92. The van der Waals surface area contributed by atoms with Gasteiger partial charge in [0.1, 0.15) is 0 Å². The second-order valence-electron chi connectivity index (χ2n) is 5.47. The summed E-state index contributed by atoms with van der Waals surface area (Å²) in [6.45, 7) is 2.11. The van der Waals surface area contributed by atoms with E-state index in [1.807, 2.05) is 6.07 Å². The predicted molar refractivity (Wildman–Crippen MR) is 86.3 cm³/mol. The van der Waals surface area contributed by atoms with Crippen LogP contribution in [-0.4, -0.2) is 25.2 Å². The normalized spacial score (nSPS) is 14.9.